The van der Waals surface area contributed by atoms with Crippen LogP contribution in [-0.4, -0.2) is 16.1 Å². The number of aromatic nitrogens is 1. The van der Waals surface area contributed by atoms with E-state index >= 15 is 0 Å². The Morgan fingerprint density at radius 2 is 1.62 bits per heavy atom. The summed E-state index contributed by atoms with van der Waals surface area (Å²) in [6.45, 7) is 0. The molecule has 1 aromatic heterocycles. The third kappa shape index (κ3) is 4.05. The number of ether oxygens (including phenoxy) is 1. The van der Waals surface area contributed by atoms with Crippen molar-refractivity contribution in [2.45, 2.75) is 12.3 Å². The van der Waals surface area contributed by atoms with Crippen LogP contribution in [-0.2, 0) is 11.0 Å². The van der Waals surface area contributed by atoms with Crippen molar-refractivity contribution >= 4 is 27.8 Å². The molecule has 0 aliphatic carbocycles. The van der Waals surface area contributed by atoms with E-state index in [2.05, 4.69) is 4.98 Å². The Kier molecular flexibility index (Phi) is 5.20. The highest BCUT2D eigenvalue weighted by molar-refractivity contribution is 5.90. The lowest BCUT2D eigenvalue weighted by atomic mass is 10.0. The third-order valence-electron chi connectivity index (χ3n) is 5.36. The molecule has 1 N–H and O–H groups in total. The smallest absolute Gasteiger partial charge is 0.416 e. The van der Waals surface area contributed by atoms with Crippen LogP contribution in [0.2, 0.25) is 0 Å². The Labute approximate surface area is 191 Å². The van der Waals surface area contributed by atoms with Crippen molar-refractivity contribution < 1.29 is 32.2 Å². The molecule has 1 heterocycles. The number of nitrogens with zero attached hydrogens (tertiary/aromatic N) is 1. The van der Waals surface area contributed by atoms with Crippen LogP contribution in [0.4, 0.5) is 13.2 Å². The SMILES string of the molecule is O=C(O)C(Oc1cc2ccccc2cc1-c1nc2ccccc2o1)c1cccc(C(F)(F)F)c1. The number of rotatable bonds is 5. The molecule has 4 aromatic carbocycles. The van der Waals surface area contributed by atoms with Gasteiger partial charge in [0.1, 0.15) is 11.3 Å². The second-order valence-corrected chi connectivity index (χ2v) is 7.64. The molecule has 0 amide bonds. The van der Waals surface area contributed by atoms with E-state index in [1.54, 1.807) is 36.4 Å². The first kappa shape index (κ1) is 21.5. The van der Waals surface area contributed by atoms with Crippen LogP contribution in [0.3, 0.4) is 0 Å². The van der Waals surface area contributed by atoms with E-state index in [1.807, 2.05) is 24.3 Å². The molecule has 5 nitrogen and oxygen atoms in total. The highest BCUT2D eigenvalue weighted by Crippen LogP contribution is 2.38. The average molecular weight is 463 g/mol. The van der Waals surface area contributed by atoms with Gasteiger partial charge in [-0.05, 0) is 47.2 Å². The molecule has 1 atom stereocenters. The van der Waals surface area contributed by atoms with Crippen LogP contribution in [0.1, 0.15) is 17.2 Å². The summed E-state index contributed by atoms with van der Waals surface area (Å²) >= 11 is 0. The number of carboxylic acid groups (broad SMARTS) is 1. The van der Waals surface area contributed by atoms with E-state index in [0.29, 0.717) is 16.7 Å². The fourth-order valence-electron chi connectivity index (χ4n) is 3.74. The average Bonchev–Trinajstić information content (AvgIpc) is 3.25. The third-order valence-corrected chi connectivity index (χ3v) is 5.36. The van der Waals surface area contributed by atoms with Crippen LogP contribution in [0.5, 0.6) is 5.75 Å². The number of aliphatic carboxylic acids is 1. The molecule has 8 heteroatoms. The van der Waals surface area contributed by atoms with E-state index < -0.39 is 23.8 Å². The zero-order valence-corrected chi connectivity index (χ0v) is 17.4. The maximum absolute atomic E-state index is 13.2. The first-order chi connectivity index (χ1) is 16.3. The van der Waals surface area contributed by atoms with Gasteiger partial charge in [0.2, 0.25) is 12.0 Å². The molecule has 0 radical (unpaired) electrons. The monoisotopic (exact) mass is 463 g/mol. The maximum Gasteiger partial charge on any atom is 0.416 e. The van der Waals surface area contributed by atoms with Gasteiger partial charge in [0.25, 0.3) is 0 Å². The summed E-state index contributed by atoms with van der Waals surface area (Å²) < 4.78 is 51.4. The molecule has 0 fully saturated rings. The molecule has 0 aliphatic heterocycles. The minimum atomic E-state index is -4.62. The van der Waals surface area contributed by atoms with Crippen molar-refractivity contribution in [2.24, 2.45) is 0 Å². The topological polar surface area (TPSA) is 72.6 Å². The molecule has 5 aromatic rings. The van der Waals surface area contributed by atoms with E-state index in [9.17, 15) is 23.1 Å². The number of hydrogen-bond donors (Lipinski definition) is 1. The molecule has 0 aliphatic rings. The van der Waals surface area contributed by atoms with Crippen LogP contribution in [0.15, 0.2) is 89.3 Å². The highest BCUT2D eigenvalue weighted by Gasteiger charge is 2.33. The lowest BCUT2D eigenvalue weighted by molar-refractivity contribution is -0.146. The lowest BCUT2D eigenvalue weighted by Gasteiger charge is -2.19. The van der Waals surface area contributed by atoms with Gasteiger partial charge in [-0.3, -0.25) is 0 Å². The van der Waals surface area contributed by atoms with Crippen molar-refractivity contribution in [3.05, 3.63) is 96.1 Å². The van der Waals surface area contributed by atoms with Crippen LogP contribution < -0.4 is 4.74 Å². The van der Waals surface area contributed by atoms with Gasteiger partial charge < -0.3 is 14.3 Å². The number of alkyl halides is 3. The number of para-hydroxylation sites is 2. The molecule has 1 unspecified atom stereocenters. The van der Waals surface area contributed by atoms with E-state index in [1.165, 1.54) is 6.07 Å². The molecule has 5 rings (SSSR count). The van der Waals surface area contributed by atoms with Gasteiger partial charge >= 0.3 is 12.1 Å². The van der Waals surface area contributed by atoms with Crippen molar-refractivity contribution in [1.82, 2.24) is 4.98 Å². The maximum atomic E-state index is 13.2. The Hall–Kier alpha value is -4.33. The van der Waals surface area contributed by atoms with E-state index in [0.717, 1.165) is 29.0 Å². The lowest BCUT2D eigenvalue weighted by Crippen LogP contribution is -2.19. The number of fused-ring (bicyclic) bond motifs is 2. The summed E-state index contributed by atoms with van der Waals surface area (Å²) in [5.41, 5.74) is 0.415. The van der Waals surface area contributed by atoms with Crippen molar-refractivity contribution in [3.8, 4) is 17.2 Å². The number of carboxylic acids is 1. The molecule has 0 saturated carbocycles. The first-order valence-corrected chi connectivity index (χ1v) is 10.2. The summed E-state index contributed by atoms with van der Waals surface area (Å²) in [7, 11) is 0. The molecule has 0 spiro atoms. The minimum Gasteiger partial charge on any atom is -0.478 e. The van der Waals surface area contributed by atoms with Gasteiger partial charge in [-0.1, -0.05) is 48.5 Å². The molecule has 34 heavy (non-hydrogen) atoms. The zero-order valence-electron chi connectivity index (χ0n) is 17.4. The van der Waals surface area contributed by atoms with Gasteiger partial charge in [0.15, 0.2) is 5.58 Å². The van der Waals surface area contributed by atoms with Gasteiger partial charge in [-0.2, -0.15) is 13.2 Å². The molecular weight excluding hydrogens is 447 g/mol. The fraction of sp³-hybridized carbons (Fsp3) is 0.0769. The second-order valence-electron chi connectivity index (χ2n) is 7.64. The van der Waals surface area contributed by atoms with Gasteiger partial charge in [-0.25, -0.2) is 9.78 Å². The normalized spacial score (nSPS) is 12.7. The summed E-state index contributed by atoms with van der Waals surface area (Å²) in [4.78, 5) is 16.6. The molecule has 170 valence electrons. The summed E-state index contributed by atoms with van der Waals surface area (Å²) in [5, 5.41) is 11.4. The summed E-state index contributed by atoms with van der Waals surface area (Å²) in [5.74, 6) is -1.11. The quantitative estimate of drug-likeness (QED) is 0.308. The van der Waals surface area contributed by atoms with E-state index in [-0.39, 0.29) is 17.2 Å². The molecular formula is C26H16F3NO4. The predicted molar refractivity (Wildman–Crippen MR) is 119 cm³/mol. The van der Waals surface area contributed by atoms with Crippen LogP contribution in [0, 0.1) is 0 Å². The van der Waals surface area contributed by atoms with Gasteiger partial charge in [-0.15, -0.1) is 0 Å². The minimum absolute atomic E-state index is 0.120. The van der Waals surface area contributed by atoms with Crippen LogP contribution in [0.25, 0.3) is 33.3 Å². The predicted octanol–water partition coefficient (Wildman–Crippen LogP) is 6.87. The number of halogens is 3. The van der Waals surface area contributed by atoms with Gasteiger partial charge in [0.05, 0.1) is 11.1 Å². The highest BCUT2D eigenvalue weighted by atomic mass is 19.4. The van der Waals surface area contributed by atoms with Crippen molar-refractivity contribution in [2.75, 3.05) is 0 Å². The second kappa shape index (κ2) is 8.22. The number of carbonyl (C=O) groups is 1. The first-order valence-electron chi connectivity index (χ1n) is 10.2. The van der Waals surface area contributed by atoms with Crippen molar-refractivity contribution in [3.63, 3.8) is 0 Å². The largest absolute Gasteiger partial charge is 0.478 e. The summed E-state index contributed by atoms with van der Waals surface area (Å²) in [6.07, 6.45) is -6.31. The fourth-order valence-corrected chi connectivity index (χ4v) is 3.74. The number of hydrogen-bond acceptors (Lipinski definition) is 4. The number of benzene rings is 4. The Morgan fingerprint density at radius 3 is 2.32 bits per heavy atom. The Balaban J connectivity index is 1.64. The van der Waals surface area contributed by atoms with Crippen molar-refractivity contribution in [1.29, 1.82) is 0 Å². The number of oxazole rings is 1. The Bertz CT molecular complexity index is 1490. The molecule has 0 saturated heterocycles. The summed E-state index contributed by atoms with van der Waals surface area (Å²) in [6, 6.07) is 21.9. The Morgan fingerprint density at radius 1 is 0.912 bits per heavy atom. The van der Waals surface area contributed by atoms with Crippen LogP contribution >= 0.6 is 0 Å². The molecule has 0 bridgehead atoms. The standard InChI is InChI=1S/C26H16F3NO4/c27-26(28,29)18-9-5-8-17(12-18)23(25(31)32)33-22-14-16-7-2-1-6-15(16)13-19(22)24-30-20-10-3-4-11-21(20)34-24/h1-14,23H,(H,31,32). The van der Waals surface area contributed by atoms with E-state index in [4.69, 9.17) is 9.15 Å². The zero-order chi connectivity index (χ0) is 23.9. The van der Waals surface area contributed by atoms with Gasteiger partial charge in [0, 0.05) is 5.56 Å².